The van der Waals surface area contributed by atoms with E-state index in [1.165, 1.54) is 6.20 Å². The van der Waals surface area contributed by atoms with Gasteiger partial charge in [-0.05, 0) is 18.9 Å². The Hall–Kier alpha value is -2.64. The molecule has 110 valence electrons. The third-order valence-electron chi connectivity index (χ3n) is 3.70. The molecule has 1 saturated heterocycles. The zero-order valence-electron chi connectivity index (χ0n) is 11.4. The Bertz CT molecular complexity index is 647. The van der Waals surface area contributed by atoms with Gasteiger partial charge in [0.25, 0.3) is 5.91 Å². The Balaban J connectivity index is 1.80. The number of hydrogen-bond acceptors (Lipinski definition) is 4. The largest absolute Gasteiger partial charge is 0.365 e. The molecule has 0 unspecified atom stereocenters. The molecule has 21 heavy (non-hydrogen) atoms. The van der Waals surface area contributed by atoms with Crippen LogP contribution >= 0.6 is 0 Å². The van der Waals surface area contributed by atoms with E-state index in [4.69, 9.17) is 5.73 Å². The van der Waals surface area contributed by atoms with Crippen molar-refractivity contribution in [1.29, 1.82) is 0 Å². The molecule has 8 nitrogen and oxygen atoms in total. The minimum atomic E-state index is -0.537. The smallest absolute Gasteiger partial charge is 0.252 e. The number of aromatic amines is 1. The molecule has 0 saturated carbocycles. The molecular formula is C13H16N6O2. The van der Waals surface area contributed by atoms with Crippen molar-refractivity contribution < 1.29 is 9.59 Å². The van der Waals surface area contributed by atoms with Crippen LogP contribution in [0.25, 0.3) is 0 Å². The maximum Gasteiger partial charge on any atom is 0.252 e. The zero-order chi connectivity index (χ0) is 14.8. The van der Waals surface area contributed by atoms with Gasteiger partial charge in [-0.15, -0.1) is 0 Å². The summed E-state index contributed by atoms with van der Waals surface area (Å²) < 4.78 is 1.58. The van der Waals surface area contributed by atoms with E-state index in [0.29, 0.717) is 17.8 Å². The second-order valence-electron chi connectivity index (χ2n) is 5.01. The van der Waals surface area contributed by atoms with Gasteiger partial charge in [0.05, 0.1) is 23.5 Å². The number of nitrogens with one attached hydrogen (secondary N) is 1. The number of carbonyl (C=O) groups excluding carboxylic acids is 2. The van der Waals surface area contributed by atoms with E-state index in [-0.39, 0.29) is 18.5 Å². The van der Waals surface area contributed by atoms with Crippen LogP contribution in [0.4, 0.5) is 0 Å². The van der Waals surface area contributed by atoms with Crippen molar-refractivity contribution in [3.8, 4) is 0 Å². The lowest BCUT2D eigenvalue weighted by atomic mass is 10.1. The fraction of sp³-hybridized carbons (Fsp3) is 0.385. The number of carbonyl (C=O) groups is 2. The maximum absolute atomic E-state index is 12.4. The first-order valence-electron chi connectivity index (χ1n) is 6.77. The van der Waals surface area contributed by atoms with Crippen molar-refractivity contribution in [1.82, 2.24) is 24.9 Å². The van der Waals surface area contributed by atoms with E-state index in [9.17, 15) is 9.59 Å². The maximum atomic E-state index is 12.4. The summed E-state index contributed by atoms with van der Waals surface area (Å²) in [6.07, 6.45) is 6.45. The van der Waals surface area contributed by atoms with Crippen molar-refractivity contribution >= 4 is 11.8 Å². The monoisotopic (exact) mass is 288 g/mol. The van der Waals surface area contributed by atoms with E-state index in [1.54, 1.807) is 28.0 Å². The molecule has 2 aromatic rings. The van der Waals surface area contributed by atoms with Crippen molar-refractivity contribution in [2.24, 2.45) is 5.73 Å². The van der Waals surface area contributed by atoms with Gasteiger partial charge in [0.15, 0.2) is 0 Å². The molecule has 1 atom stereocenters. The van der Waals surface area contributed by atoms with E-state index < -0.39 is 5.91 Å². The van der Waals surface area contributed by atoms with Gasteiger partial charge in [-0.2, -0.15) is 10.2 Å². The Morgan fingerprint density at radius 1 is 1.48 bits per heavy atom. The number of nitrogens with two attached hydrogens (primary N) is 1. The molecule has 0 bridgehead atoms. The van der Waals surface area contributed by atoms with E-state index in [1.807, 2.05) is 0 Å². The first-order chi connectivity index (χ1) is 10.2. The Morgan fingerprint density at radius 2 is 2.33 bits per heavy atom. The summed E-state index contributed by atoms with van der Waals surface area (Å²) in [5.41, 5.74) is 6.31. The van der Waals surface area contributed by atoms with E-state index >= 15 is 0 Å². The first-order valence-corrected chi connectivity index (χ1v) is 6.77. The van der Waals surface area contributed by atoms with Crippen molar-refractivity contribution in [3.63, 3.8) is 0 Å². The molecule has 3 heterocycles. The lowest BCUT2D eigenvalue weighted by Crippen LogP contribution is -2.34. The minimum Gasteiger partial charge on any atom is -0.365 e. The second-order valence-corrected chi connectivity index (χ2v) is 5.01. The molecule has 0 spiro atoms. The average molecular weight is 288 g/mol. The molecule has 3 N–H and O–H groups in total. The van der Waals surface area contributed by atoms with Gasteiger partial charge in [-0.3, -0.25) is 19.4 Å². The molecular weight excluding hydrogens is 272 g/mol. The third-order valence-corrected chi connectivity index (χ3v) is 3.70. The van der Waals surface area contributed by atoms with Gasteiger partial charge < -0.3 is 10.6 Å². The lowest BCUT2D eigenvalue weighted by Gasteiger charge is -2.24. The topological polar surface area (TPSA) is 110 Å². The Labute approximate surface area is 120 Å². The second kappa shape index (κ2) is 5.39. The van der Waals surface area contributed by atoms with Crippen LogP contribution in [0, 0.1) is 0 Å². The highest BCUT2D eigenvalue weighted by atomic mass is 16.2. The van der Waals surface area contributed by atoms with Crippen LogP contribution in [0.2, 0.25) is 0 Å². The van der Waals surface area contributed by atoms with Crippen LogP contribution < -0.4 is 5.73 Å². The number of amides is 2. The van der Waals surface area contributed by atoms with Gasteiger partial charge in [0.1, 0.15) is 6.54 Å². The summed E-state index contributed by atoms with van der Waals surface area (Å²) >= 11 is 0. The van der Waals surface area contributed by atoms with Gasteiger partial charge in [-0.1, -0.05) is 0 Å². The van der Waals surface area contributed by atoms with Gasteiger partial charge in [0.2, 0.25) is 5.91 Å². The molecule has 1 aliphatic heterocycles. The van der Waals surface area contributed by atoms with Crippen LogP contribution in [0.3, 0.4) is 0 Å². The first kappa shape index (κ1) is 13.3. The van der Waals surface area contributed by atoms with Crippen LogP contribution in [0.1, 0.15) is 34.9 Å². The van der Waals surface area contributed by atoms with Crippen molar-refractivity contribution in [2.45, 2.75) is 25.4 Å². The van der Waals surface area contributed by atoms with Crippen LogP contribution in [-0.2, 0) is 11.3 Å². The van der Waals surface area contributed by atoms with Crippen molar-refractivity contribution in [3.05, 3.63) is 35.9 Å². The SMILES string of the molecule is NC(=O)c1cn[nH]c1[C@@H]1CCCN1C(=O)Cn1cccn1. The highest BCUT2D eigenvalue weighted by Gasteiger charge is 2.33. The molecule has 1 aliphatic rings. The summed E-state index contributed by atoms with van der Waals surface area (Å²) in [7, 11) is 0. The highest BCUT2D eigenvalue weighted by Crippen LogP contribution is 2.32. The number of H-pyrrole nitrogens is 1. The zero-order valence-corrected chi connectivity index (χ0v) is 11.4. The van der Waals surface area contributed by atoms with Crippen LogP contribution in [0.5, 0.6) is 0 Å². The van der Waals surface area contributed by atoms with Gasteiger partial charge >= 0.3 is 0 Å². The number of primary amides is 1. The number of nitrogens with zero attached hydrogens (tertiary/aromatic N) is 4. The van der Waals surface area contributed by atoms with E-state index in [2.05, 4.69) is 15.3 Å². The fourth-order valence-electron chi connectivity index (χ4n) is 2.74. The summed E-state index contributed by atoms with van der Waals surface area (Å²) in [5.74, 6) is -0.573. The predicted octanol–water partition coefficient (Wildman–Crippen LogP) is 0.0688. The molecule has 0 radical (unpaired) electrons. The molecule has 3 rings (SSSR count). The normalized spacial score (nSPS) is 18.1. The lowest BCUT2D eigenvalue weighted by molar-refractivity contribution is -0.133. The molecule has 2 aromatic heterocycles. The predicted molar refractivity (Wildman–Crippen MR) is 73.0 cm³/mol. The number of likely N-dealkylation sites (tertiary alicyclic amines) is 1. The summed E-state index contributed by atoms with van der Waals surface area (Å²) in [6, 6.07) is 1.59. The number of rotatable bonds is 4. The molecule has 1 fully saturated rings. The molecule has 8 heteroatoms. The molecule has 0 aliphatic carbocycles. The van der Waals surface area contributed by atoms with Crippen molar-refractivity contribution in [2.75, 3.05) is 6.54 Å². The Morgan fingerprint density at radius 3 is 3.05 bits per heavy atom. The standard InChI is InChI=1S/C13H16N6O2/c14-13(21)9-7-15-17-12(9)10-3-1-6-19(10)11(20)8-18-5-2-4-16-18/h2,4-5,7,10H,1,3,6,8H2,(H2,14,21)(H,15,17)/t10-/m0/s1. The fourth-order valence-corrected chi connectivity index (χ4v) is 2.74. The van der Waals surface area contributed by atoms with Crippen LogP contribution in [-0.4, -0.2) is 43.2 Å². The Kier molecular flexibility index (Phi) is 3.43. The summed E-state index contributed by atoms with van der Waals surface area (Å²) in [4.78, 5) is 25.6. The highest BCUT2D eigenvalue weighted by molar-refractivity contribution is 5.94. The third kappa shape index (κ3) is 2.51. The summed E-state index contributed by atoms with van der Waals surface area (Å²) in [6.45, 7) is 0.839. The van der Waals surface area contributed by atoms with Gasteiger partial charge in [0, 0.05) is 18.9 Å². The number of aromatic nitrogens is 4. The van der Waals surface area contributed by atoms with Gasteiger partial charge in [-0.25, -0.2) is 0 Å². The molecule has 0 aromatic carbocycles. The van der Waals surface area contributed by atoms with E-state index in [0.717, 1.165) is 12.8 Å². The average Bonchev–Trinajstić information content (AvgIpc) is 3.19. The summed E-state index contributed by atoms with van der Waals surface area (Å²) in [5, 5.41) is 10.7. The number of hydrogen-bond donors (Lipinski definition) is 2. The quantitative estimate of drug-likeness (QED) is 0.829. The minimum absolute atomic E-state index is 0.0359. The molecule has 2 amide bonds. The van der Waals surface area contributed by atoms with Crippen LogP contribution in [0.15, 0.2) is 24.7 Å².